The molecule has 0 bridgehead atoms. The Morgan fingerprint density at radius 3 is 2.50 bits per heavy atom. The van der Waals surface area contributed by atoms with Crippen molar-refractivity contribution in [1.29, 1.82) is 0 Å². The molecule has 82 valence electrons. The van der Waals surface area contributed by atoms with E-state index in [1.807, 2.05) is 49.4 Å². The van der Waals surface area contributed by atoms with E-state index in [1.165, 1.54) is 0 Å². The highest BCUT2D eigenvalue weighted by molar-refractivity contribution is 5.67. The van der Waals surface area contributed by atoms with Gasteiger partial charge in [0.15, 0.2) is 5.76 Å². The molecule has 2 aromatic rings. The maximum Gasteiger partial charge on any atom is 0.159 e. The van der Waals surface area contributed by atoms with Gasteiger partial charge in [-0.3, -0.25) is 0 Å². The van der Waals surface area contributed by atoms with E-state index in [0.29, 0.717) is 0 Å². The Bertz CT molecular complexity index is 483. The first-order chi connectivity index (χ1) is 7.78. The fourth-order valence-corrected chi connectivity index (χ4v) is 1.36. The second kappa shape index (κ2) is 4.66. The van der Waals surface area contributed by atoms with Gasteiger partial charge in [-0.05, 0) is 30.7 Å². The summed E-state index contributed by atoms with van der Waals surface area (Å²) in [6.07, 6.45) is 3.86. The lowest BCUT2D eigenvalue weighted by Gasteiger charge is -1.98. The van der Waals surface area contributed by atoms with E-state index in [0.717, 1.165) is 22.8 Å². The molecule has 1 aromatic carbocycles. The number of hydrogen-bond donors (Lipinski definition) is 0. The maximum absolute atomic E-state index is 5.08. The fourth-order valence-electron chi connectivity index (χ4n) is 1.36. The monoisotopic (exact) mass is 215 g/mol. The van der Waals surface area contributed by atoms with E-state index in [2.05, 4.69) is 5.16 Å². The summed E-state index contributed by atoms with van der Waals surface area (Å²) in [6, 6.07) is 9.70. The topological polar surface area (TPSA) is 35.3 Å². The summed E-state index contributed by atoms with van der Waals surface area (Å²) in [5.74, 6) is 1.61. The number of ether oxygens (including phenoxy) is 1. The summed E-state index contributed by atoms with van der Waals surface area (Å²) in [4.78, 5) is 0. The highest BCUT2D eigenvalue weighted by Crippen LogP contribution is 2.14. The zero-order chi connectivity index (χ0) is 11.4. The van der Waals surface area contributed by atoms with Gasteiger partial charge in [-0.2, -0.15) is 0 Å². The number of rotatable bonds is 3. The van der Waals surface area contributed by atoms with Crippen LogP contribution < -0.4 is 4.74 Å². The first-order valence-corrected chi connectivity index (χ1v) is 5.03. The minimum absolute atomic E-state index is 0.758. The van der Waals surface area contributed by atoms with Crippen LogP contribution in [0.2, 0.25) is 0 Å². The van der Waals surface area contributed by atoms with Crippen LogP contribution in [0.15, 0.2) is 34.9 Å². The molecule has 0 radical (unpaired) electrons. The van der Waals surface area contributed by atoms with Gasteiger partial charge in [-0.1, -0.05) is 23.4 Å². The second-order valence-corrected chi connectivity index (χ2v) is 3.48. The average molecular weight is 215 g/mol. The average Bonchev–Trinajstić information content (AvgIpc) is 2.73. The molecule has 0 saturated heterocycles. The van der Waals surface area contributed by atoms with Crippen LogP contribution in [0.25, 0.3) is 12.2 Å². The molecule has 0 aliphatic rings. The van der Waals surface area contributed by atoms with E-state index in [9.17, 15) is 0 Å². The summed E-state index contributed by atoms with van der Waals surface area (Å²) >= 11 is 0. The van der Waals surface area contributed by atoms with E-state index >= 15 is 0 Å². The molecule has 1 heterocycles. The van der Waals surface area contributed by atoms with Crippen LogP contribution in [0, 0.1) is 6.92 Å². The van der Waals surface area contributed by atoms with Crippen molar-refractivity contribution in [1.82, 2.24) is 5.16 Å². The Balaban J connectivity index is 2.11. The molecule has 0 fully saturated rings. The highest BCUT2D eigenvalue weighted by Gasteiger charge is 1.95. The first-order valence-electron chi connectivity index (χ1n) is 5.03. The lowest BCUT2D eigenvalue weighted by atomic mass is 10.2. The molecular formula is C13H13NO2. The van der Waals surface area contributed by atoms with Gasteiger partial charge in [-0.15, -0.1) is 0 Å². The molecule has 0 aliphatic heterocycles. The fraction of sp³-hybridized carbons (Fsp3) is 0.154. The van der Waals surface area contributed by atoms with E-state index in [4.69, 9.17) is 9.26 Å². The molecule has 0 spiro atoms. The SMILES string of the molecule is COc1ccc(/C=C/c2cc(C)no2)cc1. The van der Waals surface area contributed by atoms with Crippen molar-refractivity contribution >= 4 is 12.2 Å². The molecule has 0 amide bonds. The van der Waals surface area contributed by atoms with Crippen LogP contribution in [0.1, 0.15) is 17.0 Å². The summed E-state index contributed by atoms with van der Waals surface area (Å²) in [6.45, 7) is 1.90. The molecule has 0 saturated carbocycles. The van der Waals surface area contributed by atoms with E-state index in [1.54, 1.807) is 7.11 Å². The van der Waals surface area contributed by atoms with Gasteiger partial charge in [-0.25, -0.2) is 0 Å². The molecule has 3 nitrogen and oxygen atoms in total. The molecule has 1 aromatic heterocycles. The predicted octanol–water partition coefficient (Wildman–Crippen LogP) is 3.16. The summed E-state index contributed by atoms with van der Waals surface area (Å²) < 4.78 is 10.2. The molecular weight excluding hydrogens is 202 g/mol. The number of methoxy groups -OCH3 is 1. The molecule has 16 heavy (non-hydrogen) atoms. The maximum atomic E-state index is 5.08. The quantitative estimate of drug-likeness (QED) is 0.788. The zero-order valence-corrected chi connectivity index (χ0v) is 9.31. The molecule has 2 rings (SSSR count). The first kappa shape index (κ1) is 10.5. The van der Waals surface area contributed by atoms with Crippen molar-refractivity contribution in [2.45, 2.75) is 6.92 Å². The van der Waals surface area contributed by atoms with E-state index in [-0.39, 0.29) is 0 Å². The minimum atomic E-state index is 0.758. The zero-order valence-electron chi connectivity index (χ0n) is 9.31. The lowest BCUT2D eigenvalue weighted by molar-refractivity contribution is 0.408. The molecule has 0 unspecified atom stereocenters. The number of aryl methyl sites for hydroxylation is 1. The molecule has 0 aliphatic carbocycles. The van der Waals surface area contributed by atoms with Gasteiger partial charge in [0.25, 0.3) is 0 Å². The van der Waals surface area contributed by atoms with Crippen molar-refractivity contribution < 1.29 is 9.26 Å². The molecule has 0 N–H and O–H groups in total. The van der Waals surface area contributed by atoms with Crippen LogP contribution in [0.5, 0.6) is 5.75 Å². The van der Waals surface area contributed by atoms with Crippen LogP contribution in [-0.4, -0.2) is 12.3 Å². The minimum Gasteiger partial charge on any atom is -0.497 e. The van der Waals surface area contributed by atoms with Crippen molar-refractivity contribution in [2.24, 2.45) is 0 Å². The van der Waals surface area contributed by atoms with Gasteiger partial charge in [0.1, 0.15) is 5.75 Å². The third-order valence-electron chi connectivity index (χ3n) is 2.20. The summed E-state index contributed by atoms with van der Waals surface area (Å²) in [5.41, 5.74) is 1.98. The Hall–Kier alpha value is -2.03. The van der Waals surface area contributed by atoms with Gasteiger partial charge in [0.05, 0.1) is 12.8 Å². The smallest absolute Gasteiger partial charge is 0.159 e. The third-order valence-corrected chi connectivity index (χ3v) is 2.20. The van der Waals surface area contributed by atoms with Crippen LogP contribution in [-0.2, 0) is 0 Å². The van der Waals surface area contributed by atoms with Gasteiger partial charge >= 0.3 is 0 Å². The predicted molar refractivity (Wildman–Crippen MR) is 63.2 cm³/mol. The molecule has 0 atom stereocenters. The highest BCUT2D eigenvalue weighted by atomic mass is 16.5. The Kier molecular flexibility index (Phi) is 3.05. The van der Waals surface area contributed by atoms with Gasteiger partial charge in [0, 0.05) is 6.07 Å². The third kappa shape index (κ3) is 2.51. The standard InChI is InChI=1S/C13H13NO2/c1-10-9-13(16-14-10)8-5-11-3-6-12(15-2)7-4-11/h3-9H,1-2H3/b8-5+. The van der Waals surface area contributed by atoms with Crippen LogP contribution >= 0.6 is 0 Å². The van der Waals surface area contributed by atoms with Crippen molar-refractivity contribution in [2.75, 3.05) is 7.11 Å². The van der Waals surface area contributed by atoms with Crippen LogP contribution in [0.4, 0.5) is 0 Å². The van der Waals surface area contributed by atoms with Gasteiger partial charge in [0.2, 0.25) is 0 Å². The Labute approximate surface area is 94.3 Å². The summed E-state index contributed by atoms with van der Waals surface area (Å²) in [7, 11) is 1.65. The number of benzene rings is 1. The Morgan fingerprint density at radius 2 is 1.94 bits per heavy atom. The van der Waals surface area contributed by atoms with E-state index < -0.39 is 0 Å². The van der Waals surface area contributed by atoms with Crippen molar-refractivity contribution in [3.8, 4) is 5.75 Å². The number of hydrogen-bond acceptors (Lipinski definition) is 3. The van der Waals surface area contributed by atoms with Crippen molar-refractivity contribution in [3.05, 3.63) is 47.3 Å². The number of nitrogens with zero attached hydrogens (tertiary/aromatic N) is 1. The Morgan fingerprint density at radius 1 is 1.19 bits per heavy atom. The normalized spacial score (nSPS) is 10.9. The lowest BCUT2D eigenvalue weighted by Crippen LogP contribution is -1.81. The largest absolute Gasteiger partial charge is 0.497 e. The van der Waals surface area contributed by atoms with Crippen LogP contribution in [0.3, 0.4) is 0 Å². The second-order valence-electron chi connectivity index (χ2n) is 3.48. The molecule has 3 heteroatoms. The van der Waals surface area contributed by atoms with Crippen molar-refractivity contribution in [3.63, 3.8) is 0 Å². The number of aromatic nitrogens is 1. The van der Waals surface area contributed by atoms with Gasteiger partial charge < -0.3 is 9.26 Å². The summed E-state index contributed by atoms with van der Waals surface area (Å²) in [5, 5.41) is 3.81.